The van der Waals surface area contributed by atoms with E-state index in [0.717, 1.165) is 79.6 Å². The first-order valence-corrected chi connectivity index (χ1v) is 33.5. The number of carbonyl (C=O) groups is 6. The number of benzene rings is 2. The minimum Gasteiger partial charge on any atom is -0.391 e. The molecule has 5 aliphatic rings. The number of ether oxygens (including phenoxy) is 1. The van der Waals surface area contributed by atoms with Gasteiger partial charge in [0.15, 0.2) is 0 Å². The van der Waals surface area contributed by atoms with Crippen molar-refractivity contribution in [3.8, 4) is 10.4 Å². The molecular formula is C66H95F2N15O8S. The Bertz CT molecular complexity index is 3180. The topological polar surface area (TPSA) is 262 Å². The summed E-state index contributed by atoms with van der Waals surface area (Å²) in [5.74, 6) is -1.52. The van der Waals surface area contributed by atoms with Gasteiger partial charge in [0.2, 0.25) is 35.4 Å². The van der Waals surface area contributed by atoms with Gasteiger partial charge in [0.05, 0.1) is 65.8 Å². The number of carbonyl (C=O) groups excluding carboxylic acids is 6. The number of aryl methyl sites for hydroxylation is 1. The van der Waals surface area contributed by atoms with E-state index in [-0.39, 0.29) is 80.4 Å². The van der Waals surface area contributed by atoms with E-state index >= 15 is 8.78 Å². The van der Waals surface area contributed by atoms with Crippen molar-refractivity contribution in [2.75, 3.05) is 133 Å². The Morgan fingerprint density at radius 1 is 0.804 bits per heavy atom. The van der Waals surface area contributed by atoms with Crippen LogP contribution in [0.2, 0.25) is 0 Å². The average Bonchev–Trinajstić information content (AvgIpc) is 0.848. The number of nitrogens with zero attached hydrogens (tertiary/aromatic N) is 9. The lowest BCUT2D eigenvalue weighted by molar-refractivity contribution is -0.144. The number of amides is 6. The molecule has 23 nitrogen and oxygen atoms in total. The van der Waals surface area contributed by atoms with E-state index in [1.165, 1.54) is 23.4 Å². The number of likely N-dealkylation sites (tertiary alicyclic amines) is 2. The molecule has 9 rings (SSSR count). The zero-order valence-corrected chi connectivity index (χ0v) is 55.4. The van der Waals surface area contributed by atoms with Crippen molar-refractivity contribution in [1.29, 1.82) is 0 Å². The van der Waals surface area contributed by atoms with Crippen LogP contribution in [-0.4, -0.2) is 217 Å². The predicted octanol–water partition coefficient (Wildman–Crippen LogP) is 4.60. The first kappa shape index (κ1) is 69.4. The van der Waals surface area contributed by atoms with Crippen LogP contribution < -0.4 is 41.7 Å². The Morgan fingerprint density at radius 3 is 2.22 bits per heavy atom. The Labute approximate surface area is 543 Å². The molecule has 4 atom stereocenters. The first-order chi connectivity index (χ1) is 43.9. The summed E-state index contributed by atoms with van der Waals surface area (Å²) >= 11 is 1.56. The number of anilines is 3. The number of aliphatic hydroxyl groups is 1. The van der Waals surface area contributed by atoms with Gasteiger partial charge in [-0.2, -0.15) is 0 Å². The number of hydrogen-bond donors (Lipinski definition) is 7. The Balaban J connectivity index is 0.597. The van der Waals surface area contributed by atoms with Crippen molar-refractivity contribution in [2.24, 2.45) is 10.8 Å². The predicted molar refractivity (Wildman–Crippen MR) is 350 cm³/mol. The number of aliphatic hydroxyl groups excluding tert-OH is 1. The maximum Gasteiger partial charge on any atom is 0.246 e. The molecule has 0 unspecified atom stereocenters. The van der Waals surface area contributed by atoms with E-state index < -0.39 is 58.5 Å². The highest BCUT2D eigenvalue weighted by Gasteiger charge is 2.46. The fourth-order valence-electron chi connectivity index (χ4n) is 12.8. The summed E-state index contributed by atoms with van der Waals surface area (Å²) in [6, 6.07) is 10.0. The lowest BCUT2D eigenvalue weighted by atomic mass is 9.82. The summed E-state index contributed by atoms with van der Waals surface area (Å²) in [5.41, 5.74) is 4.03. The Hall–Kier alpha value is -6.97. The van der Waals surface area contributed by atoms with E-state index in [1.54, 1.807) is 21.7 Å². The van der Waals surface area contributed by atoms with Gasteiger partial charge in [-0.3, -0.25) is 43.5 Å². The van der Waals surface area contributed by atoms with E-state index in [1.807, 2.05) is 65.0 Å². The van der Waals surface area contributed by atoms with Gasteiger partial charge in [0.1, 0.15) is 41.7 Å². The standard InChI is InChI=1S/C66H95F2N15O8S/c1-44(46-9-11-47(12-10-46)60-45(2)74-43-92-60)75-62(89)53-34-49(84)38-83(53)63(90)61(64(3,4)5)76-57(86)14-13-56(85)71-21-31-91-32-30-78-26-28-80(29-27-78)39-58(87)70-20-8-19-69-54-36-55(73-42-72-54)81-24-17-66(18-25-81)41-82(40-59(88)77-66)52-35-50(67)48(33-51(52)68)37-79-22-15-65(6,7)16-23-79/h9-12,33,35-36,42-44,49,53,61,84H,8,13-32,34,37-41H2,1-7H3,(H,70,87)(H,71,85)(H,75,89)(H,76,86)(H,77,88)(H,69,72,73)/t44-,49+,53-,61+/m0/s1. The normalized spacial score (nSPS) is 20.3. The minimum atomic E-state index is -1.02. The molecule has 7 N–H and O–H groups in total. The Kier molecular flexibility index (Phi) is 23.6. The van der Waals surface area contributed by atoms with Gasteiger partial charge >= 0.3 is 0 Å². The van der Waals surface area contributed by atoms with Gasteiger partial charge < -0.3 is 56.4 Å². The van der Waals surface area contributed by atoms with Crippen LogP contribution in [0.3, 0.4) is 0 Å². The smallest absolute Gasteiger partial charge is 0.246 e. The van der Waals surface area contributed by atoms with E-state index in [9.17, 15) is 33.9 Å². The monoisotopic (exact) mass is 1300 g/mol. The summed E-state index contributed by atoms with van der Waals surface area (Å²) in [6.45, 7) is 23.4. The van der Waals surface area contributed by atoms with Gasteiger partial charge in [-0.15, -0.1) is 11.3 Å². The second-order valence-corrected chi connectivity index (χ2v) is 28.2. The number of piperazine rings is 2. The van der Waals surface area contributed by atoms with Gasteiger partial charge in [-0.05, 0) is 87.1 Å². The molecule has 0 radical (unpaired) electrons. The second-order valence-electron chi connectivity index (χ2n) is 27.4. The van der Waals surface area contributed by atoms with Crippen molar-refractivity contribution in [1.82, 2.24) is 61.1 Å². The van der Waals surface area contributed by atoms with Crippen molar-refractivity contribution >= 4 is 64.1 Å². The molecule has 2 aromatic carbocycles. The summed E-state index contributed by atoms with van der Waals surface area (Å²) in [4.78, 5) is 106. The molecule has 7 heterocycles. The third-order valence-electron chi connectivity index (χ3n) is 18.6. The van der Waals surface area contributed by atoms with Crippen molar-refractivity contribution in [2.45, 2.75) is 136 Å². The van der Waals surface area contributed by atoms with Crippen LogP contribution in [0.25, 0.3) is 10.4 Å². The second kappa shape index (κ2) is 31.3. The van der Waals surface area contributed by atoms with Crippen molar-refractivity contribution in [3.05, 3.63) is 82.8 Å². The quantitative estimate of drug-likeness (QED) is 0.0424. The van der Waals surface area contributed by atoms with E-state index in [2.05, 4.69) is 80.3 Å². The number of hydrogen-bond acceptors (Lipinski definition) is 18. The van der Waals surface area contributed by atoms with Crippen molar-refractivity contribution < 1.29 is 47.4 Å². The van der Waals surface area contributed by atoms with Crippen LogP contribution in [0, 0.1) is 29.4 Å². The number of halogens is 2. The van der Waals surface area contributed by atoms with Gasteiger partial charge in [0, 0.05) is 122 Å². The van der Waals surface area contributed by atoms with Crippen LogP contribution in [0.4, 0.5) is 26.1 Å². The number of aromatic nitrogens is 3. The molecule has 1 spiro atoms. The summed E-state index contributed by atoms with van der Waals surface area (Å²) in [6.07, 6.45) is 4.31. The number of rotatable bonds is 26. The summed E-state index contributed by atoms with van der Waals surface area (Å²) in [7, 11) is 0. The van der Waals surface area contributed by atoms with Crippen molar-refractivity contribution in [3.63, 3.8) is 0 Å². The molecule has 0 saturated carbocycles. The molecule has 0 aliphatic carbocycles. The number of thiazole rings is 1. The highest BCUT2D eigenvalue weighted by molar-refractivity contribution is 7.13. The zero-order chi connectivity index (χ0) is 65.7. The van der Waals surface area contributed by atoms with Crippen LogP contribution >= 0.6 is 11.3 Å². The van der Waals surface area contributed by atoms with Crippen LogP contribution in [0.1, 0.15) is 116 Å². The summed E-state index contributed by atoms with van der Waals surface area (Å²) in [5, 5.41) is 28.8. The fraction of sp³-hybridized carbons (Fsp3) is 0.621. The van der Waals surface area contributed by atoms with Crippen LogP contribution in [0.5, 0.6) is 0 Å². The molecule has 502 valence electrons. The molecule has 4 aromatic rings. The molecule has 6 amide bonds. The lowest BCUT2D eigenvalue weighted by Crippen LogP contribution is -2.66. The number of piperidine rings is 2. The maximum atomic E-state index is 15.7. The zero-order valence-electron chi connectivity index (χ0n) is 54.6. The third kappa shape index (κ3) is 19.1. The highest BCUT2D eigenvalue weighted by Crippen LogP contribution is 2.36. The third-order valence-corrected chi connectivity index (χ3v) is 19.5. The molecule has 2 aromatic heterocycles. The lowest BCUT2D eigenvalue weighted by Gasteiger charge is -2.48. The van der Waals surface area contributed by atoms with E-state index in [0.29, 0.717) is 89.6 Å². The fourth-order valence-corrected chi connectivity index (χ4v) is 13.6. The number of β-amino-alcohol motifs (C(OH)–C–C–N with tert-alkyl or cyclic N) is 1. The van der Waals surface area contributed by atoms with Crippen LogP contribution in [0.15, 0.2) is 54.3 Å². The average molecular weight is 1300 g/mol. The molecule has 92 heavy (non-hydrogen) atoms. The number of nitrogens with one attached hydrogen (secondary N) is 6. The minimum absolute atomic E-state index is 0.0386. The molecule has 0 bridgehead atoms. The van der Waals surface area contributed by atoms with Gasteiger partial charge in [0.25, 0.3) is 0 Å². The van der Waals surface area contributed by atoms with Gasteiger partial charge in [-0.25, -0.2) is 23.7 Å². The highest BCUT2D eigenvalue weighted by atomic mass is 32.1. The largest absolute Gasteiger partial charge is 0.391 e. The van der Waals surface area contributed by atoms with Crippen LogP contribution in [-0.2, 0) is 40.0 Å². The molecular weight excluding hydrogens is 1200 g/mol. The first-order valence-electron chi connectivity index (χ1n) is 32.6. The SMILES string of the molecule is Cc1ncsc1-c1ccc([C@H](C)NC(=O)[C@@H]2C[C@@H](O)CN2C(=O)[C@@H](NC(=O)CCC(=O)NCCOCCN2CCN(CC(=O)NCCCNc3cc(N4CCC5(CC4)CN(c4cc(F)c(CN6CCC(C)(C)CC6)cc4F)CC(=O)N5)ncn3)CC2)C(C)(C)C)cc1. The summed E-state index contributed by atoms with van der Waals surface area (Å²) < 4.78 is 37.1. The Morgan fingerprint density at radius 2 is 1.51 bits per heavy atom. The molecule has 5 fully saturated rings. The van der Waals surface area contributed by atoms with Gasteiger partial charge in [-0.1, -0.05) is 58.9 Å². The molecule has 26 heteroatoms. The molecule has 5 saturated heterocycles. The molecule has 5 aliphatic heterocycles. The maximum absolute atomic E-state index is 15.7. The van der Waals surface area contributed by atoms with E-state index in [4.69, 9.17) is 4.74 Å².